The van der Waals surface area contributed by atoms with Gasteiger partial charge in [-0.3, -0.25) is 0 Å². The number of sulfonamides is 1. The van der Waals surface area contributed by atoms with Gasteiger partial charge in [-0.2, -0.15) is 4.31 Å². The van der Waals surface area contributed by atoms with Crippen molar-refractivity contribution in [3.63, 3.8) is 0 Å². The van der Waals surface area contributed by atoms with Crippen LogP contribution in [0.2, 0.25) is 0 Å². The van der Waals surface area contributed by atoms with Crippen LogP contribution in [0, 0.1) is 0 Å². The highest BCUT2D eigenvalue weighted by Gasteiger charge is 2.37. The molecule has 1 aliphatic heterocycles. The molecule has 134 valence electrons. The van der Waals surface area contributed by atoms with E-state index in [1.165, 1.54) is 28.6 Å². The fourth-order valence-corrected chi connectivity index (χ4v) is 6.23. The van der Waals surface area contributed by atoms with Crippen LogP contribution in [0.3, 0.4) is 0 Å². The number of benzene rings is 1. The number of rotatable bonds is 6. The number of hydrogen-bond acceptors (Lipinski definition) is 6. The van der Waals surface area contributed by atoms with Crippen molar-refractivity contribution in [2.24, 2.45) is 0 Å². The molecule has 0 bridgehead atoms. The number of nitrogens with zero attached hydrogens (tertiary/aromatic N) is 1. The normalized spacial score (nSPS) is 20.2. The molecule has 2 rings (SSSR count). The molecule has 9 heteroatoms. The monoisotopic (exact) mass is 375 g/mol. The summed E-state index contributed by atoms with van der Waals surface area (Å²) < 4.78 is 54.9. The Hall–Kier alpha value is -1.45. The molecule has 0 amide bonds. The Bertz CT molecular complexity index is 799. The second-order valence-corrected chi connectivity index (χ2v) is 9.63. The molecule has 1 aromatic rings. The van der Waals surface area contributed by atoms with Crippen molar-refractivity contribution >= 4 is 25.8 Å². The highest BCUT2D eigenvalue weighted by atomic mass is 32.2. The van der Waals surface area contributed by atoms with Gasteiger partial charge in [0.15, 0.2) is 9.84 Å². The largest absolute Gasteiger partial charge is 0.462 e. The van der Waals surface area contributed by atoms with Gasteiger partial charge < -0.3 is 4.74 Å². The summed E-state index contributed by atoms with van der Waals surface area (Å²) in [5.41, 5.74) is 0.266. The molecule has 7 nitrogen and oxygen atoms in total. The number of esters is 1. The van der Waals surface area contributed by atoms with Gasteiger partial charge in [-0.15, -0.1) is 0 Å². The lowest BCUT2D eigenvalue weighted by Crippen LogP contribution is -2.40. The molecule has 0 saturated carbocycles. The van der Waals surface area contributed by atoms with Crippen LogP contribution >= 0.6 is 0 Å². The Morgan fingerprint density at radius 2 is 1.88 bits per heavy atom. The molecule has 1 saturated heterocycles. The van der Waals surface area contributed by atoms with Crippen LogP contribution in [-0.2, 0) is 24.6 Å². The molecular weight excluding hydrogens is 354 g/mol. The lowest BCUT2D eigenvalue weighted by atomic mass is 10.2. The lowest BCUT2D eigenvalue weighted by Gasteiger charge is -2.26. The number of carbonyl (C=O) groups is 1. The van der Waals surface area contributed by atoms with Crippen LogP contribution < -0.4 is 0 Å². The van der Waals surface area contributed by atoms with E-state index in [1.54, 1.807) is 13.8 Å². The molecule has 0 aromatic heterocycles. The van der Waals surface area contributed by atoms with Crippen molar-refractivity contribution in [3.8, 4) is 0 Å². The van der Waals surface area contributed by atoms with Gasteiger partial charge in [0.05, 0.1) is 28.6 Å². The Morgan fingerprint density at radius 3 is 2.33 bits per heavy atom. The average Bonchev–Trinajstić information content (AvgIpc) is 2.88. The highest BCUT2D eigenvalue weighted by molar-refractivity contribution is 7.92. The predicted octanol–water partition coefficient (Wildman–Crippen LogP) is 1.06. The number of carbonyl (C=O) groups excluding carboxylic acids is 1. The summed E-state index contributed by atoms with van der Waals surface area (Å²) in [4.78, 5) is 11.7. The lowest BCUT2D eigenvalue weighted by molar-refractivity contribution is 0.0526. The summed E-state index contributed by atoms with van der Waals surface area (Å²) in [6.07, 6.45) is 0.302. The van der Waals surface area contributed by atoms with Gasteiger partial charge in [0.1, 0.15) is 0 Å². The molecule has 0 unspecified atom stereocenters. The molecule has 24 heavy (non-hydrogen) atoms. The van der Waals surface area contributed by atoms with E-state index in [2.05, 4.69) is 0 Å². The molecule has 1 aromatic carbocycles. The van der Waals surface area contributed by atoms with E-state index in [1.807, 2.05) is 0 Å². The zero-order chi connectivity index (χ0) is 18.0. The van der Waals surface area contributed by atoms with Crippen molar-refractivity contribution in [1.29, 1.82) is 0 Å². The maximum Gasteiger partial charge on any atom is 0.338 e. The van der Waals surface area contributed by atoms with E-state index in [0.717, 1.165) is 0 Å². The molecule has 1 heterocycles. The van der Waals surface area contributed by atoms with E-state index in [4.69, 9.17) is 4.74 Å². The maximum atomic E-state index is 12.8. The SMILES string of the molecule is CCOC(=O)c1ccc(S(=O)(=O)N(CC)[C@H]2CCS(=O)(=O)C2)cc1. The summed E-state index contributed by atoms with van der Waals surface area (Å²) in [6.45, 7) is 3.78. The highest BCUT2D eigenvalue weighted by Crippen LogP contribution is 2.25. The predicted molar refractivity (Wildman–Crippen MR) is 89.0 cm³/mol. The Kier molecular flexibility index (Phi) is 5.67. The number of sulfone groups is 1. The van der Waals surface area contributed by atoms with Gasteiger partial charge in [0.25, 0.3) is 0 Å². The van der Waals surface area contributed by atoms with Crippen molar-refractivity contribution in [1.82, 2.24) is 4.31 Å². The first-order valence-corrected chi connectivity index (χ1v) is 11.0. The maximum absolute atomic E-state index is 12.8. The third-order valence-corrected chi connectivity index (χ3v) is 7.69. The molecule has 0 spiro atoms. The van der Waals surface area contributed by atoms with Crippen molar-refractivity contribution in [2.75, 3.05) is 24.7 Å². The molecule has 0 radical (unpaired) electrons. The topological polar surface area (TPSA) is 97.8 Å². The van der Waals surface area contributed by atoms with E-state index in [0.29, 0.717) is 6.42 Å². The van der Waals surface area contributed by atoms with Crippen LogP contribution in [0.5, 0.6) is 0 Å². The molecule has 0 aliphatic carbocycles. The van der Waals surface area contributed by atoms with Gasteiger partial charge in [0, 0.05) is 12.6 Å². The zero-order valence-corrected chi connectivity index (χ0v) is 15.3. The van der Waals surface area contributed by atoms with Gasteiger partial charge >= 0.3 is 5.97 Å². The third kappa shape index (κ3) is 3.96. The van der Waals surface area contributed by atoms with Crippen molar-refractivity contribution in [2.45, 2.75) is 31.2 Å². The summed E-state index contributed by atoms with van der Waals surface area (Å²) in [7, 11) is -7.01. The van der Waals surface area contributed by atoms with Crippen LogP contribution in [0.1, 0.15) is 30.6 Å². The van der Waals surface area contributed by atoms with Gasteiger partial charge in [-0.1, -0.05) is 6.92 Å². The fraction of sp³-hybridized carbons (Fsp3) is 0.533. The number of ether oxygens (including phenoxy) is 1. The van der Waals surface area contributed by atoms with Crippen molar-refractivity contribution in [3.05, 3.63) is 29.8 Å². The van der Waals surface area contributed by atoms with Crippen molar-refractivity contribution < 1.29 is 26.4 Å². The van der Waals surface area contributed by atoms with E-state index < -0.39 is 31.9 Å². The Labute approximate surface area is 142 Å². The van der Waals surface area contributed by atoms with Gasteiger partial charge in [-0.25, -0.2) is 21.6 Å². The Balaban J connectivity index is 2.26. The first-order chi connectivity index (χ1) is 11.2. The summed E-state index contributed by atoms with van der Waals surface area (Å²) >= 11 is 0. The van der Waals surface area contributed by atoms with E-state index in [9.17, 15) is 21.6 Å². The standard InChI is InChI=1S/C15H21NO6S2/c1-3-16(13-9-10-23(18,19)11-13)24(20,21)14-7-5-12(6-8-14)15(17)22-4-2/h5-8,13H,3-4,9-11H2,1-2H3/t13-/m0/s1. The minimum atomic E-state index is -3.82. The summed E-state index contributed by atoms with van der Waals surface area (Å²) in [6, 6.07) is 4.92. The average molecular weight is 375 g/mol. The van der Waals surface area contributed by atoms with Crippen LogP contribution in [-0.4, -0.2) is 57.8 Å². The van der Waals surface area contributed by atoms with Crippen LogP contribution in [0.4, 0.5) is 0 Å². The second kappa shape index (κ2) is 7.20. The first kappa shape index (κ1) is 18.9. The van der Waals surface area contributed by atoms with E-state index in [-0.39, 0.29) is 35.1 Å². The van der Waals surface area contributed by atoms with Gasteiger partial charge in [-0.05, 0) is 37.6 Å². The summed E-state index contributed by atoms with van der Waals surface area (Å²) in [5.74, 6) is -0.664. The molecule has 1 fully saturated rings. The molecule has 1 aliphatic rings. The minimum absolute atomic E-state index is 0.00544. The second-order valence-electron chi connectivity index (χ2n) is 5.51. The summed E-state index contributed by atoms with van der Waals surface area (Å²) in [5, 5.41) is 0. The smallest absolute Gasteiger partial charge is 0.338 e. The number of hydrogen-bond donors (Lipinski definition) is 0. The minimum Gasteiger partial charge on any atom is -0.462 e. The quantitative estimate of drug-likeness (QED) is 0.690. The first-order valence-electron chi connectivity index (χ1n) is 7.70. The fourth-order valence-electron chi connectivity index (χ4n) is 2.74. The third-order valence-electron chi connectivity index (χ3n) is 3.90. The molecule has 1 atom stereocenters. The molecule has 0 N–H and O–H groups in total. The van der Waals surface area contributed by atoms with Crippen LogP contribution in [0.25, 0.3) is 0 Å². The van der Waals surface area contributed by atoms with Crippen LogP contribution in [0.15, 0.2) is 29.2 Å². The zero-order valence-electron chi connectivity index (χ0n) is 13.6. The van der Waals surface area contributed by atoms with Gasteiger partial charge in [0.2, 0.25) is 10.0 Å². The molecular formula is C15H21NO6S2. The van der Waals surface area contributed by atoms with E-state index >= 15 is 0 Å². The Morgan fingerprint density at radius 1 is 1.25 bits per heavy atom.